The molecule has 0 radical (unpaired) electrons. The van der Waals surface area contributed by atoms with Gasteiger partial charge < -0.3 is 19.9 Å². The highest BCUT2D eigenvalue weighted by atomic mass is 16.5. The molecule has 2 aliphatic heterocycles. The summed E-state index contributed by atoms with van der Waals surface area (Å²) < 4.78 is 5.50. The Labute approximate surface area is 161 Å². The third-order valence-electron chi connectivity index (χ3n) is 5.65. The topological polar surface area (TPSA) is 65.1 Å². The first-order valence-electron chi connectivity index (χ1n) is 9.64. The van der Waals surface area contributed by atoms with Crippen molar-refractivity contribution in [3.05, 3.63) is 29.8 Å². The molecule has 1 aromatic rings. The Morgan fingerprint density at radius 1 is 1.15 bits per heavy atom. The van der Waals surface area contributed by atoms with E-state index in [2.05, 4.69) is 22.2 Å². The van der Waals surface area contributed by atoms with E-state index in [9.17, 15) is 9.59 Å². The molecule has 0 spiro atoms. The molecular formula is C20H30N4O3. The number of piperazine rings is 1. The molecule has 0 saturated carbocycles. The summed E-state index contributed by atoms with van der Waals surface area (Å²) in [6.07, 6.45) is 1.70. The van der Waals surface area contributed by atoms with E-state index in [1.165, 1.54) is 0 Å². The predicted octanol–water partition coefficient (Wildman–Crippen LogP) is 0.721. The van der Waals surface area contributed by atoms with Crippen LogP contribution in [0.25, 0.3) is 0 Å². The van der Waals surface area contributed by atoms with Gasteiger partial charge in [-0.25, -0.2) is 0 Å². The molecule has 27 heavy (non-hydrogen) atoms. The number of carbonyl (C=O) groups excluding carboxylic acids is 2. The number of para-hydroxylation sites is 1. The minimum Gasteiger partial charge on any atom is -0.496 e. The highest BCUT2D eigenvalue weighted by Crippen LogP contribution is 2.35. The number of nitrogens with one attached hydrogen (secondary N) is 1. The monoisotopic (exact) mass is 374 g/mol. The Hall–Kier alpha value is -2.12. The number of amides is 2. The van der Waals surface area contributed by atoms with Gasteiger partial charge in [-0.1, -0.05) is 18.2 Å². The summed E-state index contributed by atoms with van der Waals surface area (Å²) in [5, 5.41) is 2.77. The van der Waals surface area contributed by atoms with Gasteiger partial charge >= 0.3 is 0 Å². The van der Waals surface area contributed by atoms with Crippen LogP contribution < -0.4 is 10.1 Å². The van der Waals surface area contributed by atoms with Gasteiger partial charge in [-0.15, -0.1) is 0 Å². The second-order valence-corrected chi connectivity index (χ2v) is 7.28. The number of rotatable bonds is 5. The van der Waals surface area contributed by atoms with Crippen LogP contribution in [-0.4, -0.2) is 86.5 Å². The molecule has 7 nitrogen and oxygen atoms in total. The first-order valence-corrected chi connectivity index (χ1v) is 9.64. The zero-order valence-electron chi connectivity index (χ0n) is 16.5. The van der Waals surface area contributed by atoms with Crippen molar-refractivity contribution in [1.29, 1.82) is 0 Å². The average Bonchev–Trinajstić information content (AvgIpc) is 3.17. The lowest BCUT2D eigenvalue weighted by Crippen LogP contribution is -2.54. The van der Waals surface area contributed by atoms with Gasteiger partial charge in [0.05, 0.1) is 13.2 Å². The molecule has 3 rings (SSSR count). The van der Waals surface area contributed by atoms with Crippen LogP contribution in [0.4, 0.5) is 0 Å². The lowest BCUT2D eigenvalue weighted by molar-refractivity contribution is -0.140. The van der Waals surface area contributed by atoms with Crippen molar-refractivity contribution in [1.82, 2.24) is 20.0 Å². The first-order chi connectivity index (χ1) is 13.1. The summed E-state index contributed by atoms with van der Waals surface area (Å²) in [5.74, 6) is 0.700. The maximum Gasteiger partial charge on any atom is 0.241 e. The summed E-state index contributed by atoms with van der Waals surface area (Å²) in [5.41, 5.74) is 0.803. The lowest BCUT2D eigenvalue weighted by Gasteiger charge is -2.38. The number of hydrogen-bond acceptors (Lipinski definition) is 5. The number of ether oxygens (including phenoxy) is 1. The van der Waals surface area contributed by atoms with E-state index in [1.807, 2.05) is 29.2 Å². The van der Waals surface area contributed by atoms with Crippen LogP contribution in [0.5, 0.6) is 5.75 Å². The minimum absolute atomic E-state index is 0.113. The molecule has 148 valence electrons. The Balaban J connectivity index is 1.87. The van der Waals surface area contributed by atoms with Gasteiger partial charge in [0.25, 0.3) is 0 Å². The molecule has 2 saturated heterocycles. The summed E-state index contributed by atoms with van der Waals surface area (Å²) in [6, 6.07) is 6.77. The van der Waals surface area contributed by atoms with Crippen LogP contribution in [0.15, 0.2) is 24.3 Å². The van der Waals surface area contributed by atoms with Crippen LogP contribution >= 0.6 is 0 Å². The number of likely N-dealkylation sites (N-methyl/N-ethyl adjacent to an activating group) is 2. The molecule has 2 aliphatic rings. The summed E-state index contributed by atoms with van der Waals surface area (Å²) >= 11 is 0. The van der Waals surface area contributed by atoms with E-state index in [0.29, 0.717) is 5.75 Å². The molecule has 2 amide bonds. The normalized spacial score (nSPS) is 22.5. The fraction of sp³-hybridized carbons (Fsp3) is 0.600. The zero-order valence-corrected chi connectivity index (χ0v) is 16.5. The van der Waals surface area contributed by atoms with Crippen molar-refractivity contribution < 1.29 is 14.3 Å². The van der Waals surface area contributed by atoms with Gasteiger partial charge in [-0.3, -0.25) is 14.5 Å². The molecule has 2 heterocycles. The van der Waals surface area contributed by atoms with Crippen molar-refractivity contribution in [2.24, 2.45) is 0 Å². The maximum atomic E-state index is 13.2. The molecule has 2 fully saturated rings. The highest BCUT2D eigenvalue weighted by molar-refractivity contribution is 5.87. The van der Waals surface area contributed by atoms with Crippen molar-refractivity contribution >= 4 is 11.8 Å². The van der Waals surface area contributed by atoms with Crippen LogP contribution in [0, 0.1) is 0 Å². The predicted molar refractivity (Wildman–Crippen MR) is 104 cm³/mol. The number of hydrogen-bond donors (Lipinski definition) is 1. The largest absolute Gasteiger partial charge is 0.496 e. The Morgan fingerprint density at radius 2 is 1.85 bits per heavy atom. The van der Waals surface area contributed by atoms with Crippen LogP contribution in [-0.2, 0) is 9.59 Å². The van der Waals surface area contributed by atoms with E-state index in [0.717, 1.165) is 51.1 Å². The third-order valence-corrected chi connectivity index (χ3v) is 5.65. The van der Waals surface area contributed by atoms with E-state index < -0.39 is 6.04 Å². The average molecular weight is 374 g/mol. The van der Waals surface area contributed by atoms with Gasteiger partial charge in [0.1, 0.15) is 11.8 Å². The van der Waals surface area contributed by atoms with Crippen LogP contribution in [0.2, 0.25) is 0 Å². The molecule has 1 N–H and O–H groups in total. The molecule has 0 aliphatic carbocycles. The van der Waals surface area contributed by atoms with E-state index in [4.69, 9.17) is 4.74 Å². The fourth-order valence-corrected chi connectivity index (χ4v) is 4.10. The molecule has 2 atom stereocenters. The Kier molecular flexibility index (Phi) is 6.34. The van der Waals surface area contributed by atoms with Gasteiger partial charge in [-0.05, 0) is 26.0 Å². The molecule has 1 aromatic carbocycles. The third kappa shape index (κ3) is 4.09. The summed E-state index contributed by atoms with van der Waals surface area (Å²) in [4.78, 5) is 32.3. The summed E-state index contributed by atoms with van der Waals surface area (Å²) in [6.45, 7) is 4.01. The SMILES string of the molecule is CNC(=O)[C@@H](c1ccccc1OC)N1CCC[C@H]1C(=O)N1CCN(C)CC1. The first kappa shape index (κ1) is 19.6. The van der Waals surface area contributed by atoms with Gasteiger partial charge in [-0.2, -0.15) is 0 Å². The van der Waals surface area contributed by atoms with Crippen LogP contribution in [0.1, 0.15) is 24.4 Å². The number of nitrogens with zero attached hydrogens (tertiary/aromatic N) is 3. The molecule has 0 unspecified atom stereocenters. The van der Waals surface area contributed by atoms with Crippen molar-refractivity contribution in [2.75, 3.05) is 53.9 Å². The number of benzene rings is 1. The number of likely N-dealkylation sites (tertiary alicyclic amines) is 1. The van der Waals surface area contributed by atoms with Gasteiger partial charge in [0, 0.05) is 45.3 Å². The van der Waals surface area contributed by atoms with E-state index >= 15 is 0 Å². The molecular weight excluding hydrogens is 344 g/mol. The van der Waals surface area contributed by atoms with Crippen molar-refractivity contribution in [2.45, 2.75) is 24.9 Å². The molecule has 7 heteroatoms. The fourth-order valence-electron chi connectivity index (χ4n) is 4.10. The maximum absolute atomic E-state index is 13.2. The minimum atomic E-state index is -0.532. The number of carbonyl (C=O) groups is 2. The smallest absolute Gasteiger partial charge is 0.241 e. The quantitative estimate of drug-likeness (QED) is 0.823. The lowest BCUT2D eigenvalue weighted by atomic mass is 10.0. The van der Waals surface area contributed by atoms with Crippen molar-refractivity contribution in [3.8, 4) is 5.75 Å². The standard InChI is InChI=1S/C20H30N4O3/c1-21-19(25)18(15-7-4-5-9-17(15)27-3)24-10-6-8-16(24)20(26)23-13-11-22(2)12-14-23/h4-5,7,9,16,18H,6,8,10-14H2,1-3H3,(H,21,25)/t16-,18+/m0/s1. The van der Waals surface area contributed by atoms with Crippen molar-refractivity contribution in [3.63, 3.8) is 0 Å². The second kappa shape index (κ2) is 8.71. The van der Waals surface area contributed by atoms with Gasteiger partial charge in [0.2, 0.25) is 11.8 Å². The van der Waals surface area contributed by atoms with E-state index in [1.54, 1.807) is 14.2 Å². The Bertz CT molecular complexity index is 673. The van der Waals surface area contributed by atoms with Gasteiger partial charge in [0.15, 0.2) is 0 Å². The number of methoxy groups -OCH3 is 1. The molecule has 0 aromatic heterocycles. The summed E-state index contributed by atoms with van der Waals surface area (Å²) in [7, 11) is 5.32. The highest BCUT2D eigenvalue weighted by Gasteiger charge is 2.41. The zero-order chi connectivity index (χ0) is 19.4. The van der Waals surface area contributed by atoms with E-state index in [-0.39, 0.29) is 17.9 Å². The Morgan fingerprint density at radius 3 is 2.52 bits per heavy atom. The molecule has 0 bridgehead atoms. The second-order valence-electron chi connectivity index (χ2n) is 7.28. The van der Waals surface area contributed by atoms with Crippen LogP contribution in [0.3, 0.4) is 0 Å².